The van der Waals surface area contributed by atoms with Crippen LogP contribution in [0.4, 0.5) is 0 Å². The van der Waals surface area contributed by atoms with Crippen molar-refractivity contribution >= 4 is 10.1 Å². The number of nitrogens with one attached hydrogen (secondary N) is 1. The Morgan fingerprint density at radius 2 is 2.00 bits per heavy atom. The van der Waals surface area contributed by atoms with Gasteiger partial charge in [0.1, 0.15) is 24.4 Å². The van der Waals surface area contributed by atoms with Crippen molar-refractivity contribution in [3.63, 3.8) is 0 Å². The molecule has 2 bridgehead atoms. The van der Waals surface area contributed by atoms with Crippen molar-refractivity contribution < 1.29 is 26.8 Å². The first-order valence-electron chi connectivity index (χ1n) is 8.88. The first-order chi connectivity index (χ1) is 13.8. The molecule has 2 aliphatic rings. The number of benzene rings is 1. The molecule has 0 spiro atoms. The average Bonchev–Trinajstić information content (AvgIpc) is 3.17. The fourth-order valence-corrected chi connectivity index (χ4v) is 3.97. The van der Waals surface area contributed by atoms with E-state index >= 15 is 0 Å². The third-order valence-corrected chi connectivity index (χ3v) is 5.43. The van der Waals surface area contributed by atoms with E-state index in [0.717, 1.165) is 11.8 Å². The zero-order chi connectivity index (χ0) is 20.6. The Hall–Kier alpha value is -2.31. The molecule has 3 heterocycles. The second-order valence-corrected chi connectivity index (χ2v) is 8.69. The summed E-state index contributed by atoms with van der Waals surface area (Å²) in [6.45, 7) is -0.0414. The minimum atomic E-state index is -3.73. The van der Waals surface area contributed by atoms with Gasteiger partial charge in [-0.05, 0) is 5.56 Å². The van der Waals surface area contributed by atoms with Crippen LogP contribution in [-0.4, -0.2) is 55.2 Å². The fourth-order valence-electron chi connectivity index (χ4n) is 3.56. The smallest absolute Gasteiger partial charge is 0.330 e. The molecule has 2 aromatic rings. The van der Waals surface area contributed by atoms with Gasteiger partial charge in [-0.25, -0.2) is 4.79 Å². The van der Waals surface area contributed by atoms with Crippen molar-refractivity contribution in [3.8, 4) is 0 Å². The summed E-state index contributed by atoms with van der Waals surface area (Å²) in [6, 6.07) is 10.6. The molecule has 0 radical (unpaired) electrons. The molecule has 2 aliphatic heterocycles. The number of hydrogen-bond donors (Lipinski definition) is 1. The minimum Gasteiger partial charge on any atom is -0.367 e. The van der Waals surface area contributed by atoms with E-state index in [0.29, 0.717) is 0 Å². The molecule has 0 saturated carbocycles. The highest BCUT2D eigenvalue weighted by Crippen LogP contribution is 2.46. The lowest BCUT2D eigenvalue weighted by molar-refractivity contribution is -0.185. The number of rotatable bonds is 7. The van der Waals surface area contributed by atoms with Gasteiger partial charge >= 0.3 is 5.69 Å². The van der Waals surface area contributed by atoms with Crippen molar-refractivity contribution in [3.05, 3.63) is 69.0 Å². The fraction of sp³-hybridized carbons (Fsp3) is 0.444. The van der Waals surface area contributed by atoms with Crippen LogP contribution in [0.3, 0.4) is 0 Å². The standard InChI is InChI=1S/C18H20N2O8S/c1-29(23,24)27-11-18-10-26-14(15(18)25-9-12-5-3-2-4-6-12)16(28-18)20-8-7-13(21)19-17(20)22/h2-8,14-16H,9-11H2,1H3,(H,19,21,22)/t14-,15+,16+,18-/m0/s1. The van der Waals surface area contributed by atoms with Crippen molar-refractivity contribution in [1.82, 2.24) is 9.55 Å². The van der Waals surface area contributed by atoms with Gasteiger partial charge in [-0.1, -0.05) is 30.3 Å². The zero-order valence-corrected chi connectivity index (χ0v) is 16.3. The summed E-state index contributed by atoms with van der Waals surface area (Å²) in [4.78, 5) is 25.7. The van der Waals surface area contributed by atoms with E-state index in [1.165, 1.54) is 16.8 Å². The van der Waals surface area contributed by atoms with Gasteiger partial charge in [0.15, 0.2) is 6.23 Å². The van der Waals surface area contributed by atoms with E-state index in [2.05, 4.69) is 4.98 Å². The third kappa shape index (κ3) is 4.05. The van der Waals surface area contributed by atoms with Crippen LogP contribution < -0.4 is 11.2 Å². The van der Waals surface area contributed by atoms with Gasteiger partial charge in [-0.15, -0.1) is 0 Å². The number of ether oxygens (including phenoxy) is 3. The molecular weight excluding hydrogens is 404 g/mol. The largest absolute Gasteiger partial charge is 0.367 e. The van der Waals surface area contributed by atoms with E-state index in [1.807, 2.05) is 30.3 Å². The van der Waals surface area contributed by atoms with Crippen LogP contribution >= 0.6 is 0 Å². The van der Waals surface area contributed by atoms with Crippen LogP contribution in [-0.2, 0) is 35.1 Å². The highest BCUT2D eigenvalue weighted by Gasteiger charge is 2.63. The highest BCUT2D eigenvalue weighted by molar-refractivity contribution is 7.85. The summed E-state index contributed by atoms with van der Waals surface area (Å²) in [5.41, 5.74) is -1.51. The number of aromatic nitrogens is 2. The number of hydrogen-bond acceptors (Lipinski definition) is 8. The van der Waals surface area contributed by atoms with Gasteiger partial charge in [-0.2, -0.15) is 8.42 Å². The Morgan fingerprint density at radius 1 is 1.24 bits per heavy atom. The maximum Gasteiger partial charge on any atom is 0.330 e. The van der Waals surface area contributed by atoms with E-state index < -0.39 is 45.4 Å². The molecule has 2 saturated heterocycles. The molecule has 29 heavy (non-hydrogen) atoms. The van der Waals surface area contributed by atoms with Crippen LogP contribution in [0.5, 0.6) is 0 Å². The van der Waals surface area contributed by atoms with Gasteiger partial charge in [-0.3, -0.25) is 18.5 Å². The predicted molar refractivity (Wildman–Crippen MR) is 99.7 cm³/mol. The molecule has 4 rings (SSSR count). The summed E-state index contributed by atoms with van der Waals surface area (Å²) in [5.74, 6) is 0. The summed E-state index contributed by atoms with van der Waals surface area (Å²) < 4.78 is 47.1. The lowest BCUT2D eigenvalue weighted by atomic mass is 10.00. The molecular formula is C18H20N2O8S. The lowest BCUT2D eigenvalue weighted by Crippen LogP contribution is -2.47. The Bertz CT molecular complexity index is 1100. The summed E-state index contributed by atoms with van der Waals surface area (Å²) in [5, 5.41) is 0. The SMILES string of the molecule is CS(=O)(=O)OC[C@]12CO[C@H]([C@H](n3ccc(=O)[nH]c3=O)O1)[C@H]2OCc1ccccc1. The van der Waals surface area contributed by atoms with Crippen molar-refractivity contribution in [2.24, 2.45) is 0 Å². The van der Waals surface area contributed by atoms with Gasteiger partial charge in [0.05, 0.1) is 19.5 Å². The molecule has 1 aromatic carbocycles. The van der Waals surface area contributed by atoms with E-state index in [4.69, 9.17) is 18.4 Å². The average molecular weight is 424 g/mol. The number of fused-ring (bicyclic) bond motifs is 2. The quantitative estimate of drug-likeness (QED) is 0.604. The normalized spacial score (nSPS) is 28.7. The Morgan fingerprint density at radius 3 is 2.69 bits per heavy atom. The molecule has 1 aromatic heterocycles. The summed E-state index contributed by atoms with van der Waals surface area (Å²) in [7, 11) is -3.73. The molecule has 10 nitrogen and oxygen atoms in total. The topological polar surface area (TPSA) is 126 Å². The van der Waals surface area contributed by atoms with E-state index in [-0.39, 0.29) is 19.8 Å². The number of nitrogens with zero attached hydrogens (tertiary/aromatic N) is 1. The lowest BCUT2D eigenvalue weighted by Gasteiger charge is -2.31. The van der Waals surface area contributed by atoms with Crippen molar-refractivity contribution in [1.29, 1.82) is 0 Å². The zero-order valence-electron chi connectivity index (χ0n) is 15.5. The van der Waals surface area contributed by atoms with Crippen LogP contribution in [0.15, 0.2) is 52.2 Å². The minimum absolute atomic E-state index is 0.0429. The van der Waals surface area contributed by atoms with E-state index in [9.17, 15) is 18.0 Å². The first kappa shape index (κ1) is 20.0. The van der Waals surface area contributed by atoms with Gasteiger partial charge in [0.25, 0.3) is 15.7 Å². The molecule has 1 N–H and O–H groups in total. The summed E-state index contributed by atoms with van der Waals surface area (Å²) >= 11 is 0. The highest BCUT2D eigenvalue weighted by atomic mass is 32.2. The molecule has 156 valence electrons. The van der Waals surface area contributed by atoms with Crippen LogP contribution in [0.2, 0.25) is 0 Å². The number of H-pyrrole nitrogens is 1. The van der Waals surface area contributed by atoms with Crippen LogP contribution in [0, 0.1) is 0 Å². The summed E-state index contributed by atoms with van der Waals surface area (Å²) in [6.07, 6.45) is -0.0407. The van der Waals surface area contributed by atoms with Gasteiger partial charge in [0.2, 0.25) is 0 Å². The number of aromatic amines is 1. The van der Waals surface area contributed by atoms with Gasteiger partial charge < -0.3 is 14.2 Å². The van der Waals surface area contributed by atoms with Crippen molar-refractivity contribution in [2.75, 3.05) is 19.5 Å². The third-order valence-electron chi connectivity index (χ3n) is 4.89. The monoisotopic (exact) mass is 424 g/mol. The Kier molecular flexibility index (Phi) is 5.17. The van der Waals surface area contributed by atoms with Crippen LogP contribution in [0.1, 0.15) is 11.8 Å². The second kappa shape index (κ2) is 7.50. The molecule has 4 atom stereocenters. The molecule has 11 heteroatoms. The molecule has 0 amide bonds. The Labute approximate surface area is 166 Å². The van der Waals surface area contributed by atoms with Gasteiger partial charge in [0, 0.05) is 12.3 Å². The van der Waals surface area contributed by atoms with E-state index in [1.54, 1.807) is 0 Å². The molecule has 0 aliphatic carbocycles. The molecule has 2 fully saturated rings. The Balaban J connectivity index is 1.63. The predicted octanol–water partition coefficient (Wildman–Crippen LogP) is -0.235. The first-order valence-corrected chi connectivity index (χ1v) is 10.7. The molecule has 0 unspecified atom stereocenters. The van der Waals surface area contributed by atoms with Crippen molar-refractivity contribution in [2.45, 2.75) is 30.6 Å². The maximum atomic E-state index is 12.2. The second-order valence-electron chi connectivity index (χ2n) is 7.05. The maximum absolute atomic E-state index is 12.2. The van der Waals surface area contributed by atoms with Crippen LogP contribution in [0.25, 0.3) is 0 Å².